The number of rotatable bonds is 6. The lowest BCUT2D eigenvalue weighted by atomic mass is 10.2. The van der Waals surface area contributed by atoms with Crippen molar-refractivity contribution >= 4 is 29.6 Å². The van der Waals surface area contributed by atoms with Crippen LogP contribution in [-0.4, -0.2) is 21.2 Å². The van der Waals surface area contributed by atoms with Gasteiger partial charge in [-0.05, 0) is 42.7 Å². The summed E-state index contributed by atoms with van der Waals surface area (Å²) in [5, 5.41) is 0. The minimum atomic E-state index is -4.54. The molecule has 0 radical (unpaired) electrons. The zero-order valence-corrected chi connectivity index (χ0v) is 16.2. The number of alkyl halides is 6. The van der Waals surface area contributed by atoms with E-state index in [0.29, 0.717) is 17.6 Å². The number of hydrogen-bond donors (Lipinski definition) is 0. The number of aryl methyl sites for hydroxylation is 1. The Labute approximate surface area is 165 Å². The van der Waals surface area contributed by atoms with Crippen molar-refractivity contribution in [3.8, 4) is 11.6 Å². The topological polar surface area (TPSA) is 38.9 Å². The number of allylic oxidation sites excluding steroid dienone is 1. The number of hydrogen-bond acceptors (Lipinski definition) is 5. The summed E-state index contributed by atoms with van der Waals surface area (Å²) in [6.07, 6.45) is -1.46. The second-order valence-corrected chi connectivity index (χ2v) is 7.81. The second-order valence-electron chi connectivity index (χ2n) is 5.32. The van der Waals surface area contributed by atoms with Crippen LogP contribution in [0.4, 0.5) is 26.3 Å². The third kappa shape index (κ3) is 6.06. The first-order valence-electron chi connectivity index (χ1n) is 7.71. The van der Waals surface area contributed by atoms with Crippen LogP contribution in [0, 0.1) is 6.92 Å². The van der Waals surface area contributed by atoms with Crippen molar-refractivity contribution in [2.75, 3.05) is 5.75 Å². The fourth-order valence-corrected chi connectivity index (χ4v) is 3.27. The molecule has 0 aromatic carbocycles. The Hall–Kier alpha value is -1.88. The molecule has 0 fully saturated rings. The van der Waals surface area contributed by atoms with Gasteiger partial charge in [0.2, 0.25) is 5.89 Å². The predicted molar refractivity (Wildman–Crippen MR) is 97.7 cm³/mol. The maximum atomic E-state index is 12.9. The van der Waals surface area contributed by atoms with Crippen molar-refractivity contribution in [2.24, 2.45) is 0 Å². The third-order valence-electron chi connectivity index (χ3n) is 3.18. The summed E-state index contributed by atoms with van der Waals surface area (Å²) in [6, 6.07) is 0.966. The molecule has 2 aromatic heterocycles. The van der Waals surface area contributed by atoms with Gasteiger partial charge in [0.1, 0.15) is 5.69 Å². The largest absolute Gasteiger partial charge is 0.446 e. The van der Waals surface area contributed by atoms with Gasteiger partial charge < -0.3 is 4.42 Å². The number of aromatic nitrogens is 2. The first kappa shape index (κ1) is 22.4. The maximum Gasteiger partial charge on any atom is 0.446 e. The third-order valence-corrected chi connectivity index (χ3v) is 4.72. The number of oxazole rings is 1. The number of halogens is 6. The summed E-state index contributed by atoms with van der Waals surface area (Å²) >= 11 is 0.776. The van der Waals surface area contributed by atoms with Gasteiger partial charge >= 0.3 is 11.7 Å². The fourth-order valence-electron chi connectivity index (χ4n) is 2.04. The SMILES string of the molecule is C=C(C=Cc1oc(-c2ncc(C(F)(F)F)cc2SCC)nc1C)SC(F)(F)F. The van der Waals surface area contributed by atoms with E-state index in [9.17, 15) is 26.3 Å². The minimum absolute atomic E-state index is 0.0177. The van der Waals surface area contributed by atoms with Gasteiger partial charge in [0.25, 0.3) is 0 Å². The molecule has 0 N–H and O–H groups in total. The quantitative estimate of drug-likeness (QED) is 0.276. The predicted octanol–water partition coefficient (Wildman–Crippen LogP) is 6.96. The van der Waals surface area contributed by atoms with Crippen LogP contribution in [0.2, 0.25) is 0 Å². The van der Waals surface area contributed by atoms with Gasteiger partial charge in [-0.25, -0.2) is 9.97 Å². The van der Waals surface area contributed by atoms with Gasteiger partial charge in [0.05, 0.1) is 11.3 Å². The van der Waals surface area contributed by atoms with E-state index in [2.05, 4.69) is 16.5 Å². The lowest BCUT2D eigenvalue weighted by Crippen LogP contribution is -2.06. The standard InChI is InChI=1S/C17H14F6N2OS2/c1-4-27-13-7-11(16(18,19)20)8-24-14(13)15-25-10(3)12(26-15)6-5-9(2)28-17(21,22)23/h5-8H,2,4H2,1,3H3. The van der Waals surface area contributed by atoms with Crippen LogP contribution in [0.3, 0.4) is 0 Å². The highest BCUT2D eigenvalue weighted by Gasteiger charge is 2.32. The van der Waals surface area contributed by atoms with Gasteiger partial charge in [-0.15, -0.1) is 11.8 Å². The van der Waals surface area contributed by atoms with Crippen LogP contribution < -0.4 is 0 Å². The summed E-state index contributed by atoms with van der Waals surface area (Å²) in [4.78, 5) is 7.97. The molecule has 0 saturated heterocycles. The average Bonchev–Trinajstić information content (AvgIpc) is 2.91. The van der Waals surface area contributed by atoms with Gasteiger partial charge in [0, 0.05) is 16.0 Å². The molecule has 2 heterocycles. The van der Waals surface area contributed by atoms with Crippen molar-refractivity contribution in [1.82, 2.24) is 9.97 Å². The number of pyridine rings is 1. The lowest BCUT2D eigenvalue weighted by Gasteiger charge is -2.10. The smallest absolute Gasteiger partial charge is 0.435 e. The average molecular weight is 440 g/mol. The van der Waals surface area contributed by atoms with Crippen LogP contribution in [0.5, 0.6) is 0 Å². The zero-order chi connectivity index (χ0) is 21.1. The Morgan fingerprint density at radius 2 is 1.93 bits per heavy atom. The highest BCUT2D eigenvalue weighted by Crippen LogP contribution is 2.38. The molecule has 0 amide bonds. The zero-order valence-electron chi connectivity index (χ0n) is 14.6. The van der Waals surface area contributed by atoms with E-state index in [0.717, 1.165) is 23.9 Å². The highest BCUT2D eigenvalue weighted by atomic mass is 32.2. The molecular weight excluding hydrogens is 426 g/mol. The number of nitrogens with zero attached hydrogens (tertiary/aromatic N) is 2. The Morgan fingerprint density at radius 3 is 2.50 bits per heavy atom. The molecule has 0 atom stereocenters. The molecular formula is C17H14F6N2OS2. The van der Waals surface area contributed by atoms with Crippen molar-refractivity contribution in [1.29, 1.82) is 0 Å². The normalized spacial score (nSPS) is 12.7. The van der Waals surface area contributed by atoms with E-state index >= 15 is 0 Å². The monoisotopic (exact) mass is 440 g/mol. The Kier molecular flexibility index (Phi) is 6.92. The van der Waals surface area contributed by atoms with Crippen molar-refractivity contribution in [2.45, 2.75) is 30.4 Å². The van der Waals surface area contributed by atoms with E-state index in [-0.39, 0.29) is 38.9 Å². The van der Waals surface area contributed by atoms with Gasteiger partial charge in [-0.2, -0.15) is 26.3 Å². The molecule has 0 aliphatic carbocycles. The van der Waals surface area contributed by atoms with E-state index in [1.54, 1.807) is 13.8 Å². The van der Waals surface area contributed by atoms with Crippen LogP contribution >= 0.6 is 23.5 Å². The van der Waals surface area contributed by atoms with E-state index in [4.69, 9.17) is 4.42 Å². The number of thioether (sulfide) groups is 2. The van der Waals surface area contributed by atoms with Crippen molar-refractivity contribution < 1.29 is 30.8 Å². The molecule has 3 nitrogen and oxygen atoms in total. The van der Waals surface area contributed by atoms with E-state index in [1.807, 2.05) is 0 Å². The molecule has 0 unspecified atom stereocenters. The molecule has 11 heteroatoms. The molecule has 0 aliphatic rings. The molecule has 2 rings (SSSR count). The summed E-state index contributed by atoms with van der Waals surface area (Å²) in [6.45, 7) is 6.62. The Morgan fingerprint density at radius 1 is 1.25 bits per heavy atom. The molecule has 0 bridgehead atoms. The first-order chi connectivity index (χ1) is 12.9. The molecule has 0 aliphatic heterocycles. The van der Waals surface area contributed by atoms with Crippen molar-refractivity contribution in [3.63, 3.8) is 0 Å². The van der Waals surface area contributed by atoms with E-state index < -0.39 is 17.2 Å². The minimum Gasteiger partial charge on any atom is -0.435 e. The van der Waals surface area contributed by atoms with Gasteiger partial charge in [-0.1, -0.05) is 13.5 Å². The molecule has 2 aromatic rings. The van der Waals surface area contributed by atoms with Crippen LogP contribution in [-0.2, 0) is 6.18 Å². The van der Waals surface area contributed by atoms with E-state index in [1.165, 1.54) is 6.08 Å². The summed E-state index contributed by atoms with van der Waals surface area (Å²) in [5.41, 5.74) is -4.87. The highest BCUT2D eigenvalue weighted by molar-refractivity contribution is 8.04. The first-order valence-corrected chi connectivity index (χ1v) is 9.51. The molecule has 152 valence electrons. The van der Waals surface area contributed by atoms with Crippen LogP contribution in [0.15, 0.2) is 39.1 Å². The molecule has 28 heavy (non-hydrogen) atoms. The van der Waals surface area contributed by atoms with Gasteiger partial charge in [0.15, 0.2) is 5.76 Å². The Bertz CT molecular complexity index is 887. The summed E-state index contributed by atoms with van der Waals surface area (Å²) in [7, 11) is 0. The van der Waals surface area contributed by atoms with Crippen molar-refractivity contribution in [3.05, 3.63) is 46.8 Å². The maximum absolute atomic E-state index is 12.9. The summed E-state index contributed by atoms with van der Waals surface area (Å²) in [5.74, 6) is 0.640. The Balaban J connectivity index is 2.35. The van der Waals surface area contributed by atoms with Gasteiger partial charge in [-0.3, -0.25) is 0 Å². The molecule has 0 saturated carbocycles. The van der Waals surface area contributed by atoms with Crippen LogP contribution in [0.1, 0.15) is 23.9 Å². The second kappa shape index (κ2) is 8.64. The fraction of sp³-hybridized carbons (Fsp3) is 0.294. The molecule has 0 spiro atoms. The van der Waals surface area contributed by atoms with Crippen LogP contribution in [0.25, 0.3) is 17.7 Å². The summed E-state index contributed by atoms with van der Waals surface area (Å²) < 4.78 is 81.2. The lowest BCUT2D eigenvalue weighted by molar-refractivity contribution is -0.138.